The zero-order valence-electron chi connectivity index (χ0n) is 10.3. The first-order valence-corrected chi connectivity index (χ1v) is 5.72. The lowest BCUT2D eigenvalue weighted by Crippen LogP contribution is -1.89. The van der Waals surface area contributed by atoms with Crippen LogP contribution in [0.4, 0.5) is 0 Å². The van der Waals surface area contributed by atoms with Crippen LogP contribution in [0.5, 0.6) is 0 Å². The topological polar surface area (TPSA) is 0 Å². The highest BCUT2D eigenvalue weighted by atomic mass is 14.0. The first-order valence-electron chi connectivity index (χ1n) is 5.72. The summed E-state index contributed by atoms with van der Waals surface area (Å²) in [6, 6.07) is 8.82. The Hall–Kier alpha value is -0.780. The maximum atomic E-state index is 2.27. The fourth-order valence-electron chi connectivity index (χ4n) is 1.13. The molecule has 0 aliphatic carbocycles. The first-order chi connectivity index (χ1) is 6.65. The van der Waals surface area contributed by atoms with Crippen molar-refractivity contribution in [1.29, 1.82) is 0 Å². The Balaban J connectivity index is 0. The van der Waals surface area contributed by atoms with Crippen LogP contribution in [-0.2, 0) is 0 Å². The van der Waals surface area contributed by atoms with Gasteiger partial charge in [0.1, 0.15) is 0 Å². The molecule has 1 aromatic carbocycles. The predicted molar refractivity (Wildman–Crippen MR) is 68.0 cm³/mol. The van der Waals surface area contributed by atoms with Crippen molar-refractivity contribution in [2.75, 3.05) is 0 Å². The molecule has 1 aromatic rings. The van der Waals surface area contributed by atoms with E-state index in [9.17, 15) is 0 Å². The molecule has 0 heteroatoms. The van der Waals surface area contributed by atoms with Gasteiger partial charge in [0.15, 0.2) is 0 Å². The van der Waals surface area contributed by atoms with Crippen molar-refractivity contribution < 1.29 is 1.43 Å². The number of benzene rings is 1. The van der Waals surface area contributed by atoms with Gasteiger partial charge in [-0.2, -0.15) is 0 Å². The minimum atomic E-state index is 0. The number of hydrogen-bond donors (Lipinski definition) is 0. The van der Waals surface area contributed by atoms with Crippen LogP contribution in [0.2, 0.25) is 0 Å². The highest BCUT2D eigenvalue weighted by molar-refractivity contribution is 5.23. The van der Waals surface area contributed by atoms with Gasteiger partial charge in [0.25, 0.3) is 0 Å². The molecule has 0 N–H and O–H groups in total. The predicted octanol–water partition coefficient (Wildman–Crippen LogP) is 5.17. The van der Waals surface area contributed by atoms with E-state index in [1.54, 1.807) is 0 Å². The fourth-order valence-corrected chi connectivity index (χ4v) is 1.13. The Labute approximate surface area is 90.8 Å². The van der Waals surface area contributed by atoms with Crippen molar-refractivity contribution in [2.24, 2.45) is 0 Å². The Morgan fingerprint density at radius 2 is 1.50 bits per heavy atom. The smallest absolute Gasteiger partial charge is 0 e. The van der Waals surface area contributed by atoms with Gasteiger partial charge in [0, 0.05) is 1.43 Å². The molecule has 82 valence electrons. The molecule has 0 heterocycles. The lowest BCUT2D eigenvalue weighted by atomic mass is 9.98. The molecule has 0 nitrogen and oxygen atoms in total. The quantitative estimate of drug-likeness (QED) is 0.609. The summed E-state index contributed by atoms with van der Waals surface area (Å²) in [5.41, 5.74) is 2.80. The van der Waals surface area contributed by atoms with E-state index in [2.05, 4.69) is 58.9 Å². The monoisotopic (exact) mass is 194 g/mol. The van der Waals surface area contributed by atoms with Crippen LogP contribution in [0.25, 0.3) is 0 Å². The lowest BCUT2D eigenvalue weighted by molar-refractivity contribution is 0.733. The third kappa shape index (κ3) is 5.06. The second kappa shape index (κ2) is 7.61. The van der Waals surface area contributed by atoms with E-state index in [0.29, 0.717) is 5.92 Å². The van der Waals surface area contributed by atoms with Crippen LogP contribution in [0, 0.1) is 6.92 Å². The second-order valence-electron chi connectivity index (χ2n) is 3.93. The summed E-state index contributed by atoms with van der Waals surface area (Å²) in [6.45, 7) is 10.9. The SMILES string of the molecule is CCC.CCC(C)c1ccc(C)cc1.[HH]. The van der Waals surface area contributed by atoms with Crippen molar-refractivity contribution in [2.45, 2.75) is 53.4 Å². The molecule has 1 atom stereocenters. The van der Waals surface area contributed by atoms with E-state index in [4.69, 9.17) is 0 Å². The fraction of sp³-hybridized carbons (Fsp3) is 0.571. The minimum absolute atomic E-state index is 0. The molecule has 1 rings (SSSR count). The average Bonchev–Trinajstić information content (AvgIpc) is 2.19. The first kappa shape index (κ1) is 13.2. The molecule has 0 radical (unpaired) electrons. The molecule has 0 saturated carbocycles. The molecule has 14 heavy (non-hydrogen) atoms. The summed E-state index contributed by atoms with van der Waals surface area (Å²) >= 11 is 0. The average molecular weight is 194 g/mol. The van der Waals surface area contributed by atoms with Crippen LogP contribution >= 0.6 is 0 Å². The lowest BCUT2D eigenvalue weighted by Gasteiger charge is -2.07. The van der Waals surface area contributed by atoms with E-state index < -0.39 is 0 Å². The van der Waals surface area contributed by atoms with Crippen LogP contribution in [0.1, 0.15) is 59.0 Å². The summed E-state index contributed by atoms with van der Waals surface area (Å²) in [5.74, 6) is 0.704. The van der Waals surface area contributed by atoms with Crippen molar-refractivity contribution in [3.63, 3.8) is 0 Å². The summed E-state index contributed by atoms with van der Waals surface area (Å²) in [6.07, 6.45) is 2.48. The molecule has 0 bridgehead atoms. The standard InChI is InChI=1S/C11H16.C3H8.H2/c1-4-10(3)11-7-5-9(2)6-8-11;1-3-2;/h5-8,10H,4H2,1-3H3;3H2,1-2H3;1H. The van der Waals surface area contributed by atoms with Crippen LogP contribution in [0.15, 0.2) is 24.3 Å². The second-order valence-corrected chi connectivity index (χ2v) is 3.93. The zero-order chi connectivity index (χ0) is 11.0. The number of aryl methyl sites for hydroxylation is 1. The van der Waals surface area contributed by atoms with E-state index in [1.165, 1.54) is 24.0 Å². The molecule has 0 spiro atoms. The molecule has 0 amide bonds. The van der Waals surface area contributed by atoms with Gasteiger partial charge in [0.2, 0.25) is 0 Å². The van der Waals surface area contributed by atoms with Gasteiger partial charge in [0.05, 0.1) is 0 Å². The zero-order valence-corrected chi connectivity index (χ0v) is 10.3. The minimum Gasteiger partial charge on any atom is -0.0656 e. The molecular weight excluding hydrogens is 168 g/mol. The van der Waals surface area contributed by atoms with Gasteiger partial charge in [-0.1, -0.05) is 63.9 Å². The molecule has 1 unspecified atom stereocenters. The van der Waals surface area contributed by atoms with Crippen LogP contribution in [0.3, 0.4) is 0 Å². The highest BCUT2D eigenvalue weighted by Gasteiger charge is 2.00. The Kier molecular flexibility index (Phi) is 7.18. The van der Waals surface area contributed by atoms with E-state index in [1.807, 2.05) is 0 Å². The third-order valence-electron chi connectivity index (χ3n) is 2.26. The number of hydrogen-bond acceptors (Lipinski definition) is 0. The molecule has 0 aliphatic rings. The Bertz CT molecular complexity index is 226. The summed E-state index contributed by atoms with van der Waals surface area (Å²) in [7, 11) is 0. The molecule has 0 fully saturated rings. The van der Waals surface area contributed by atoms with E-state index >= 15 is 0 Å². The van der Waals surface area contributed by atoms with Crippen LogP contribution < -0.4 is 0 Å². The van der Waals surface area contributed by atoms with Gasteiger partial charge in [-0.25, -0.2) is 0 Å². The van der Waals surface area contributed by atoms with Crippen LogP contribution in [-0.4, -0.2) is 0 Å². The summed E-state index contributed by atoms with van der Waals surface area (Å²) in [4.78, 5) is 0. The van der Waals surface area contributed by atoms with Gasteiger partial charge >= 0.3 is 0 Å². The molecule has 0 aromatic heterocycles. The van der Waals surface area contributed by atoms with Crippen molar-refractivity contribution >= 4 is 0 Å². The van der Waals surface area contributed by atoms with Gasteiger partial charge in [-0.3, -0.25) is 0 Å². The molecular formula is C14H26. The van der Waals surface area contributed by atoms with Gasteiger partial charge in [-0.15, -0.1) is 0 Å². The van der Waals surface area contributed by atoms with Crippen molar-refractivity contribution in [3.8, 4) is 0 Å². The van der Waals surface area contributed by atoms with Gasteiger partial charge < -0.3 is 0 Å². The Morgan fingerprint density at radius 1 is 1.07 bits per heavy atom. The van der Waals surface area contributed by atoms with E-state index in [0.717, 1.165) is 0 Å². The normalized spacial score (nSPS) is 11.5. The number of rotatable bonds is 2. The summed E-state index contributed by atoms with van der Waals surface area (Å²) in [5, 5.41) is 0. The highest BCUT2D eigenvalue weighted by Crippen LogP contribution is 2.18. The Morgan fingerprint density at radius 3 is 1.86 bits per heavy atom. The van der Waals surface area contributed by atoms with E-state index in [-0.39, 0.29) is 1.43 Å². The largest absolute Gasteiger partial charge is 0.0656 e. The summed E-state index contributed by atoms with van der Waals surface area (Å²) < 4.78 is 0. The maximum Gasteiger partial charge on any atom is 0 e. The molecule has 0 saturated heterocycles. The van der Waals surface area contributed by atoms with Crippen molar-refractivity contribution in [3.05, 3.63) is 35.4 Å². The molecule has 0 aliphatic heterocycles. The van der Waals surface area contributed by atoms with Gasteiger partial charge in [-0.05, 0) is 24.8 Å². The maximum absolute atomic E-state index is 2.27. The van der Waals surface area contributed by atoms with Crippen molar-refractivity contribution in [1.82, 2.24) is 0 Å². The third-order valence-corrected chi connectivity index (χ3v) is 2.26.